The van der Waals surface area contributed by atoms with Gasteiger partial charge < -0.3 is 19.7 Å². The van der Waals surface area contributed by atoms with Gasteiger partial charge in [-0.3, -0.25) is 4.98 Å². The number of amides is 1. The number of likely N-dealkylation sites (tertiary alicyclic amines) is 1. The predicted octanol–water partition coefficient (Wildman–Crippen LogP) is 4.55. The fourth-order valence-corrected chi connectivity index (χ4v) is 3.07. The summed E-state index contributed by atoms with van der Waals surface area (Å²) in [5.74, 6) is -0.351. The minimum absolute atomic E-state index is 0.0506. The van der Waals surface area contributed by atoms with Gasteiger partial charge in [0.2, 0.25) is 0 Å². The van der Waals surface area contributed by atoms with Crippen LogP contribution >= 0.6 is 0 Å². The lowest BCUT2D eigenvalue weighted by atomic mass is 10.1. The predicted molar refractivity (Wildman–Crippen MR) is 98.3 cm³/mol. The van der Waals surface area contributed by atoms with Crippen LogP contribution in [0.4, 0.5) is 23.7 Å². The quantitative estimate of drug-likeness (QED) is 0.823. The minimum atomic E-state index is -4.79. The van der Waals surface area contributed by atoms with Crippen molar-refractivity contribution >= 4 is 22.7 Å². The molecule has 1 fully saturated rings. The van der Waals surface area contributed by atoms with Crippen molar-refractivity contribution in [1.82, 2.24) is 9.88 Å². The molecule has 1 atom stereocenters. The van der Waals surface area contributed by atoms with Gasteiger partial charge >= 0.3 is 12.5 Å². The number of carbonyl (C=O) groups excluding carboxylic acids is 1. The number of ether oxygens (including phenoxy) is 2. The molecule has 1 N–H and O–H groups in total. The summed E-state index contributed by atoms with van der Waals surface area (Å²) in [4.78, 5) is 17.8. The molecule has 1 aromatic carbocycles. The normalized spacial score (nSPS) is 17.6. The zero-order valence-electron chi connectivity index (χ0n) is 15.8. The molecular formula is C19H22F3N3O3. The van der Waals surface area contributed by atoms with E-state index in [1.807, 2.05) is 0 Å². The number of hydrogen-bond acceptors (Lipinski definition) is 5. The first kappa shape index (κ1) is 20.0. The van der Waals surface area contributed by atoms with Crippen LogP contribution in [-0.4, -0.2) is 47.1 Å². The van der Waals surface area contributed by atoms with Crippen LogP contribution < -0.4 is 10.1 Å². The van der Waals surface area contributed by atoms with Crippen LogP contribution in [0.5, 0.6) is 5.75 Å². The third kappa shape index (κ3) is 4.96. The first-order chi connectivity index (χ1) is 13.0. The van der Waals surface area contributed by atoms with E-state index in [4.69, 9.17) is 4.74 Å². The monoisotopic (exact) mass is 397 g/mol. The van der Waals surface area contributed by atoms with Crippen LogP contribution in [0, 0.1) is 0 Å². The van der Waals surface area contributed by atoms with Gasteiger partial charge in [-0.1, -0.05) is 0 Å². The van der Waals surface area contributed by atoms with Crippen molar-refractivity contribution in [2.75, 3.05) is 18.4 Å². The Balaban J connectivity index is 1.75. The van der Waals surface area contributed by atoms with E-state index in [2.05, 4.69) is 15.0 Å². The maximum absolute atomic E-state index is 12.6. The van der Waals surface area contributed by atoms with Crippen molar-refractivity contribution in [3.63, 3.8) is 0 Å². The average Bonchev–Trinajstić information content (AvgIpc) is 3.03. The van der Waals surface area contributed by atoms with E-state index in [0.29, 0.717) is 30.6 Å². The molecule has 152 valence electrons. The lowest BCUT2D eigenvalue weighted by Crippen LogP contribution is -2.36. The van der Waals surface area contributed by atoms with E-state index >= 15 is 0 Å². The summed E-state index contributed by atoms with van der Waals surface area (Å²) >= 11 is 0. The number of benzene rings is 1. The van der Waals surface area contributed by atoms with Crippen LogP contribution in [0.2, 0.25) is 0 Å². The number of pyridine rings is 1. The van der Waals surface area contributed by atoms with Gasteiger partial charge in [0.1, 0.15) is 11.1 Å². The van der Waals surface area contributed by atoms with Gasteiger partial charge in [-0.2, -0.15) is 0 Å². The zero-order chi connectivity index (χ0) is 20.5. The molecule has 9 heteroatoms. The van der Waals surface area contributed by atoms with Gasteiger partial charge in [-0.25, -0.2) is 4.79 Å². The van der Waals surface area contributed by atoms with E-state index in [-0.39, 0.29) is 23.4 Å². The third-order valence-corrected chi connectivity index (χ3v) is 4.16. The summed E-state index contributed by atoms with van der Waals surface area (Å²) in [6.45, 7) is 6.40. The van der Waals surface area contributed by atoms with Crippen molar-refractivity contribution in [3.8, 4) is 5.75 Å². The standard InChI is InChI=1S/C19H22F3N3O3/c1-18(2,3)28-17(26)25-10-8-12(11-25)24-14-6-7-15(27-19(20,21)22)16-13(14)5-4-9-23-16/h4-7,9,12,24H,8,10-11H2,1-3H3/t12-/m0/s1. The number of anilines is 1. The first-order valence-corrected chi connectivity index (χ1v) is 8.90. The highest BCUT2D eigenvalue weighted by atomic mass is 19.4. The fourth-order valence-electron chi connectivity index (χ4n) is 3.07. The molecule has 1 saturated heterocycles. The maximum atomic E-state index is 12.6. The van der Waals surface area contributed by atoms with Crippen molar-refractivity contribution in [1.29, 1.82) is 0 Å². The van der Waals surface area contributed by atoms with Gasteiger partial charge in [0.05, 0.1) is 0 Å². The second-order valence-electron chi connectivity index (χ2n) is 7.61. The maximum Gasteiger partial charge on any atom is 0.573 e. The number of nitrogens with zero attached hydrogens (tertiary/aromatic N) is 2. The van der Waals surface area contributed by atoms with Crippen LogP contribution in [-0.2, 0) is 4.74 Å². The Morgan fingerprint density at radius 2 is 2.00 bits per heavy atom. The number of nitrogens with one attached hydrogen (secondary N) is 1. The fraction of sp³-hybridized carbons (Fsp3) is 0.474. The van der Waals surface area contributed by atoms with Crippen molar-refractivity contribution < 1.29 is 27.4 Å². The molecule has 1 aliphatic rings. The number of aromatic nitrogens is 1. The molecule has 0 spiro atoms. The zero-order valence-corrected chi connectivity index (χ0v) is 15.8. The summed E-state index contributed by atoms with van der Waals surface area (Å²) in [6.07, 6.45) is -3.06. The summed E-state index contributed by atoms with van der Waals surface area (Å²) in [7, 11) is 0. The summed E-state index contributed by atoms with van der Waals surface area (Å²) in [5.41, 5.74) is 0.180. The Morgan fingerprint density at radius 3 is 2.68 bits per heavy atom. The molecule has 2 aromatic rings. The van der Waals surface area contributed by atoms with Crippen LogP contribution in [0.15, 0.2) is 30.5 Å². The largest absolute Gasteiger partial charge is 0.573 e. The topological polar surface area (TPSA) is 63.7 Å². The van der Waals surface area contributed by atoms with Gasteiger partial charge in [-0.05, 0) is 51.5 Å². The van der Waals surface area contributed by atoms with Gasteiger partial charge in [0, 0.05) is 36.4 Å². The molecule has 6 nitrogen and oxygen atoms in total. The third-order valence-electron chi connectivity index (χ3n) is 4.16. The highest BCUT2D eigenvalue weighted by Crippen LogP contribution is 2.34. The SMILES string of the molecule is CC(C)(C)OC(=O)N1CC[C@H](Nc2ccc(OC(F)(F)F)c3ncccc23)C1. The number of hydrogen-bond donors (Lipinski definition) is 1. The highest BCUT2D eigenvalue weighted by molar-refractivity contribution is 5.95. The Kier molecular flexibility index (Phi) is 5.27. The van der Waals surface area contributed by atoms with E-state index < -0.39 is 12.0 Å². The first-order valence-electron chi connectivity index (χ1n) is 8.90. The Morgan fingerprint density at radius 1 is 1.25 bits per heavy atom. The lowest BCUT2D eigenvalue weighted by molar-refractivity contribution is -0.274. The molecule has 0 bridgehead atoms. The Labute approximate surface area is 160 Å². The molecular weight excluding hydrogens is 375 g/mol. The second-order valence-corrected chi connectivity index (χ2v) is 7.61. The van der Waals surface area contributed by atoms with E-state index in [9.17, 15) is 18.0 Å². The molecule has 1 amide bonds. The summed E-state index contributed by atoms with van der Waals surface area (Å²) in [6, 6.07) is 6.04. The molecule has 1 aromatic heterocycles. The van der Waals surface area contributed by atoms with Crippen molar-refractivity contribution in [2.24, 2.45) is 0 Å². The average molecular weight is 397 g/mol. The summed E-state index contributed by atoms with van der Waals surface area (Å²) < 4.78 is 47.3. The number of carbonyl (C=O) groups is 1. The number of alkyl halides is 3. The number of fused-ring (bicyclic) bond motifs is 1. The lowest BCUT2D eigenvalue weighted by Gasteiger charge is -2.24. The van der Waals surface area contributed by atoms with Crippen LogP contribution in [0.3, 0.4) is 0 Å². The molecule has 0 saturated carbocycles. The number of halogens is 3. The molecule has 0 radical (unpaired) electrons. The van der Waals surface area contributed by atoms with Crippen molar-refractivity contribution in [3.05, 3.63) is 30.5 Å². The Hall–Kier alpha value is -2.71. The minimum Gasteiger partial charge on any atom is -0.444 e. The molecule has 0 aliphatic carbocycles. The molecule has 28 heavy (non-hydrogen) atoms. The molecule has 3 rings (SSSR count). The van der Waals surface area contributed by atoms with Crippen molar-refractivity contribution in [2.45, 2.75) is 45.2 Å². The van der Waals surface area contributed by atoms with Crippen LogP contribution in [0.1, 0.15) is 27.2 Å². The molecule has 0 unspecified atom stereocenters. The van der Waals surface area contributed by atoms with Gasteiger partial charge in [0.15, 0.2) is 5.75 Å². The van der Waals surface area contributed by atoms with Crippen LogP contribution in [0.25, 0.3) is 10.9 Å². The Bertz CT molecular complexity index is 865. The summed E-state index contributed by atoms with van der Waals surface area (Å²) in [5, 5.41) is 3.81. The van der Waals surface area contributed by atoms with Gasteiger partial charge in [-0.15, -0.1) is 13.2 Å². The second kappa shape index (κ2) is 7.37. The van der Waals surface area contributed by atoms with E-state index in [0.717, 1.165) is 0 Å². The number of rotatable bonds is 3. The van der Waals surface area contributed by atoms with Gasteiger partial charge in [0.25, 0.3) is 0 Å². The van der Waals surface area contributed by atoms with E-state index in [1.165, 1.54) is 18.3 Å². The smallest absolute Gasteiger partial charge is 0.444 e. The highest BCUT2D eigenvalue weighted by Gasteiger charge is 2.33. The van der Waals surface area contributed by atoms with E-state index in [1.54, 1.807) is 37.8 Å². The molecule has 1 aliphatic heterocycles. The molecule has 2 heterocycles.